The summed E-state index contributed by atoms with van der Waals surface area (Å²) in [5.41, 5.74) is 1.44. The van der Waals surface area contributed by atoms with Crippen molar-refractivity contribution in [3.05, 3.63) is 45.0 Å². The Balaban J connectivity index is 1.30. The van der Waals surface area contributed by atoms with Crippen LogP contribution >= 0.6 is 11.3 Å². The number of benzene rings is 1. The van der Waals surface area contributed by atoms with Crippen molar-refractivity contribution < 1.29 is 19.2 Å². The van der Waals surface area contributed by atoms with E-state index in [0.717, 1.165) is 23.4 Å². The molecule has 1 atom stereocenters. The number of ether oxygens (including phenoxy) is 1. The van der Waals surface area contributed by atoms with Crippen LogP contribution in [-0.2, 0) is 27.3 Å². The van der Waals surface area contributed by atoms with E-state index in [4.69, 9.17) is 4.74 Å². The van der Waals surface area contributed by atoms with Gasteiger partial charge in [-0.3, -0.25) is 29.9 Å². The molecule has 30 heavy (non-hydrogen) atoms. The third-order valence-electron chi connectivity index (χ3n) is 4.99. The molecule has 0 aliphatic carbocycles. The van der Waals surface area contributed by atoms with E-state index in [2.05, 4.69) is 15.6 Å². The third-order valence-corrected chi connectivity index (χ3v) is 5.99. The zero-order chi connectivity index (χ0) is 21.1. The summed E-state index contributed by atoms with van der Waals surface area (Å²) in [4.78, 5) is 42.3. The van der Waals surface area contributed by atoms with Crippen molar-refractivity contribution in [1.29, 1.82) is 0 Å². The number of aromatic nitrogens is 1. The van der Waals surface area contributed by atoms with Gasteiger partial charge in [0.2, 0.25) is 5.91 Å². The fraction of sp³-hybridized carbons (Fsp3) is 0.421. The van der Waals surface area contributed by atoms with Crippen molar-refractivity contribution in [1.82, 2.24) is 9.88 Å². The number of amides is 2. The number of nitro benzene ring substituents is 1. The van der Waals surface area contributed by atoms with E-state index in [1.54, 1.807) is 0 Å². The molecular weight excluding hydrogens is 410 g/mol. The lowest BCUT2D eigenvalue weighted by Crippen LogP contribution is -2.36. The van der Waals surface area contributed by atoms with E-state index in [9.17, 15) is 19.7 Å². The smallest absolute Gasteiger partial charge is 0.269 e. The Morgan fingerprint density at radius 3 is 2.80 bits per heavy atom. The molecule has 4 rings (SSSR count). The molecule has 1 unspecified atom stereocenters. The number of nitrogens with one attached hydrogen (secondary N) is 2. The average Bonchev–Trinajstić information content (AvgIpc) is 3.37. The summed E-state index contributed by atoms with van der Waals surface area (Å²) in [6.45, 7) is 2.08. The van der Waals surface area contributed by atoms with Crippen LogP contribution in [0, 0.1) is 10.1 Å². The molecule has 1 aromatic carbocycles. The van der Waals surface area contributed by atoms with Crippen molar-refractivity contribution in [2.45, 2.75) is 31.9 Å². The van der Waals surface area contributed by atoms with E-state index in [0.29, 0.717) is 36.9 Å². The topological polar surface area (TPSA) is 127 Å². The first kappa shape index (κ1) is 20.4. The molecule has 0 saturated carbocycles. The second-order valence-corrected chi connectivity index (χ2v) is 8.28. The Labute approximate surface area is 176 Å². The predicted octanol–water partition coefficient (Wildman–Crippen LogP) is 2.17. The van der Waals surface area contributed by atoms with Gasteiger partial charge in [0.1, 0.15) is 6.10 Å². The van der Waals surface area contributed by atoms with E-state index >= 15 is 0 Å². The van der Waals surface area contributed by atoms with Crippen LogP contribution in [0.25, 0.3) is 0 Å². The van der Waals surface area contributed by atoms with Crippen LogP contribution in [0.15, 0.2) is 24.3 Å². The molecule has 11 heteroatoms. The van der Waals surface area contributed by atoms with Crippen LogP contribution in [0.3, 0.4) is 0 Å². The summed E-state index contributed by atoms with van der Waals surface area (Å²) in [6, 6.07) is 5.73. The Kier molecular flexibility index (Phi) is 6.02. The van der Waals surface area contributed by atoms with Gasteiger partial charge in [-0.15, -0.1) is 11.3 Å². The van der Waals surface area contributed by atoms with E-state index in [-0.39, 0.29) is 24.0 Å². The van der Waals surface area contributed by atoms with E-state index in [1.807, 2.05) is 4.90 Å². The number of non-ortho nitro benzene ring substituents is 1. The monoisotopic (exact) mass is 431 g/mol. The molecular formula is C19H21N5O5S. The number of rotatable bonds is 6. The van der Waals surface area contributed by atoms with Crippen LogP contribution in [0.5, 0.6) is 0 Å². The minimum atomic E-state index is -0.483. The van der Waals surface area contributed by atoms with Crippen molar-refractivity contribution in [2.75, 3.05) is 30.3 Å². The number of hydrogen-bond donors (Lipinski definition) is 2. The van der Waals surface area contributed by atoms with Gasteiger partial charge >= 0.3 is 0 Å². The summed E-state index contributed by atoms with van der Waals surface area (Å²) in [5, 5.41) is 16.9. The maximum absolute atomic E-state index is 12.3. The van der Waals surface area contributed by atoms with Gasteiger partial charge in [-0.05, 0) is 25.0 Å². The van der Waals surface area contributed by atoms with Gasteiger partial charge in [-0.2, -0.15) is 0 Å². The molecule has 0 bridgehead atoms. The fourth-order valence-corrected chi connectivity index (χ4v) is 4.53. The highest BCUT2D eigenvalue weighted by Crippen LogP contribution is 2.29. The molecule has 3 heterocycles. The van der Waals surface area contributed by atoms with Crippen molar-refractivity contribution >= 4 is 39.7 Å². The summed E-state index contributed by atoms with van der Waals surface area (Å²) >= 11 is 1.43. The van der Waals surface area contributed by atoms with Gasteiger partial charge in [0.05, 0.1) is 17.2 Å². The van der Waals surface area contributed by atoms with E-state index < -0.39 is 11.0 Å². The molecule has 1 saturated heterocycles. The maximum atomic E-state index is 12.3. The average molecular weight is 431 g/mol. The molecule has 1 aromatic heterocycles. The Bertz CT molecular complexity index is 955. The SMILES string of the molecule is O=C(CN1CCc2nc(NC(=O)C3CCCO3)sc2C1)Nc1ccc([N+](=O)[O-])cc1. The molecule has 1 fully saturated rings. The second-order valence-electron chi connectivity index (χ2n) is 7.19. The number of carbonyl (C=O) groups is 2. The van der Waals surface area contributed by atoms with Crippen LogP contribution in [0.2, 0.25) is 0 Å². The number of thiazole rings is 1. The first-order valence-corrected chi connectivity index (χ1v) is 10.5. The second kappa shape index (κ2) is 8.86. The van der Waals surface area contributed by atoms with Crippen molar-refractivity contribution in [3.8, 4) is 0 Å². The Morgan fingerprint density at radius 1 is 1.30 bits per heavy atom. The standard InChI is InChI=1S/C19H21N5O5S/c25-17(20-12-3-5-13(6-4-12)24(27)28)11-23-8-7-14-16(10-23)30-19(21-14)22-18(26)15-2-1-9-29-15/h3-6,15H,1-2,7-11H2,(H,20,25)(H,21,22,26). The lowest BCUT2D eigenvalue weighted by Gasteiger charge is -2.25. The van der Waals surface area contributed by atoms with Gasteiger partial charge in [0.15, 0.2) is 5.13 Å². The van der Waals surface area contributed by atoms with Crippen LogP contribution in [0.4, 0.5) is 16.5 Å². The molecule has 2 aliphatic rings. The zero-order valence-electron chi connectivity index (χ0n) is 16.1. The lowest BCUT2D eigenvalue weighted by atomic mass is 10.2. The highest BCUT2D eigenvalue weighted by atomic mass is 32.1. The maximum Gasteiger partial charge on any atom is 0.269 e. The fourth-order valence-electron chi connectivity index (χ4n) is 3.48. The number of hydrogen-bond acceptors (Lipinski definition) is 8. The summed E-state index contributed by atoms with van der Waals surface area (Å²) in [5.74, 6) is -0.346. The number of nitrogens with zero attached hydrogens (tertiary/aromatic N) is 3. The Hall–Kier alpha value is -2.89. The first-order valence-electron chi connectivity index (χ1n) is 9.65. The molecule has 2 amide bonds. The zero-order valence-corrected chi connectivity index (χ0v) is 16.9. The van der Waals surface area contributed by atoms with Gasteiger partial charge in [-0.25, -0.2) is 4.98 Å². The van der Waals surface area contributed by atoms with Crippen molar-refractivity contribution in [2.24, 2.45) is 0 Å². The largest absolute Gasteiger partial charge is 0.368 e. The van der Waals surface area contributed by atoms with Crippen LogP contribution in [-0.4, -0.2) is 52.4 Å². The molecule has 2 aromatic rings. The summed E-state index contributed by atoms with van der Waals surface area (Å²) < 4.78 is 5.40. The van der Waals surface area contributed by atoms with Gasteiger partial charge in [0.25, 0.3) is 11.6 Å². The van der Waals surface area contributed by atoms with Gasteiger partial charge in [0, 0.05) is 48.8 Å². The minimum Gasteiger partial charge on any atom is -0.368 e. The minimum absolute atomic E-state index is 0.0239. The van der Waals surface area contributed by atoms with Crippen LogP contribution in [0.1, 0.15) is 23.4 Å². The van der Waals surface area contributed by atoms with Crippen LogP contribution < -0.4 is 10.6 Å². The molecule has 10 nitrogen and oxygen atoms in total. The summed E-state index contributed by atoms with van der Waals surface area (Å²) in [7, 11) is 0. The number of fused-ring (bicyclic) bond motifs is 1. The summed E-state index contributed by atoms with van der Waals surface area (Å²) in [6.07, 6.45) is 1.93. The molecule has 0 spiro atoms. The third kappa shape index (κ3) is 4.81. The van der Waals surface area contributed by atoms with Gasteiger partial charge in [-0.1, -0.05) is 0 Å². The number of nitro groups is 1. The molecule has 158 valence electrons. The van der Waals surface area contributed by atoms with Crippen molar-refractivity contribution in [3.63, 3.8) is 0 Å². The number of carbonyl (C=O) groups excluding carboxylic acids is 2. The predicted molar refractivity (Wildman–Crippen MR) is 110 cm³/mol. The quantitative estimate of drug-likeness (QED) is 0.530. The Morgan fingerprint density at radius 2 is 2.10 bits per heavy atom. The molecule has 0 radical (unpaired) electrons. The number of anilines is 2. The van der Waals surface area contributed by atoms with Gasteiger partial charge < -0.3 is 10.1 Å². The lowest BCUT2D eigenvalue weighted by molar-refractivity contribution is -0.384. The molecule has 2 N–H and O–H groups in total. The molecule has 2 aliphatic heterocycles. The first-order chi connectivity index (χ1) is 14.5. The highest BCUT2D eigenvalue weighted by molar-refractivity contribution is 7.15. The van der Waals surface area contributed by atoms with E-state index in [1.165, 1.54) is 35.6 Å². The normalized spacial score (nSPS) is 18.6. The highest BCUT2D eigenvalue weighted by Gasteiger charge is 2.26.